The van der Waals surface area contributed by atoms with Crippen molar-refractivity contribution in [3.05, 3.63) is 52.5 Å². The predicted octanol–water partition coefficient (Wildman–Crippen LogP) is 2.73. The highest BCUT2D eigenvalue weighted by Gasteiger charge is 2.25. The summed E-state index contributed by atoms with van der Waals surface area (Å²) in [6, 6.07) is 6.61. The van der Waals surface area contributed by atoms with Gasteiger partial charge in [-0.1, -0.05) is 19.1 Å². The zero-order valence-corrected chi connectivity index (χ0v) is 21.0. The van der Waals surface area contributed by atoms with Crippen molar-refractivity contribution in [2.24, 2.45) is 11.1 Å². The molecule has 3 heterocycles. The van der Waals surface area contributed by atoms with Gasteiger partial charge in [-0.2, -0.15) is 11.3 Å². The van der Waals surface area contributed by atoms with Gasteiger partial charge in [0.1, 0.15) is 24.1 Å². The molecule has 1 aromatic carbocycles. The second kappa shape index (κ2) is 10.2. The van der Waals surface area contributed by atoms with E-state index in [1.54, 1.807) is 40.4 Å². The smallest absolute Gasteiger partial charge is 0.265 e. The molecule has 0 radical (unpaired) electrons. The Bertz CT molecular complexity index is 1380. The van der Waals surface area contributed by atoms with Gasteiger partial charge in [-0.05, 0) is 52.9 Å². The van der Waals surface area contributed by atoms with Crippen molar-refractivity contribution in [2.75, 3.05) is 6.54 Å². The summed E-state index contributed by atoms with van der Waals surface area (Å²) in [5, 5.41) is 20.5. The highest BCUT2D eigenvalue weighted by molar-refractivity contribution is 7.91. The third-order valence-corrected chi connectivity index (χ3v) is 8.08. The Balaban J connectivity index is 1.38. The van der Waals surface area contributed by atoms with Crippen LogP contribution in [0.5, 0.6) is 5.75 Å². The molecule has 1 amide bonds. The summed E-state index contributed by atoms with van der Waals surface area (Å²) in [4.78, 5) is 16.8. The highest BCUT2D eigenvalue weighted by Crippen LogP contribution is 2.28. The van der Waals surface area contributed by atoms with Gasteiger partial charge in [-0.25, -0.2) is 23.2 Å². The third-order valence-electron chi connectivity index (χ3n) is 5.01. The normalized spacial score (nSPS) is 12.8. The molecule has 0 spiro atoms. The second-order valence-electron chi connectivity index (χ2n) is 7.99. The summed E-state index contributed by atoms with van der Waals surface area (Å²) in [7, 11) is -3.86. The molecule has 4 rings (SSSR count). The number of thiophene rings is 1. The lowest BCUT2D eigenvalue weighted by Gasteiger charge is -2.20. The number of nitrogens with zero attached hydrogens (tertiary/aromatic N) is 4. The number of rotatable bonds is 10. The summed E-state index contributed by atoms with van der Waals surface area (Å²) in [6.07, 6.45) is 2.48. The van der Waals surface area contributed by atoms with E-state index in [9.17, 15) is 13.2 Å². The minimum atomic E-state index is -3.86. The molecule has 0 aliphatic heterocycles. The van der Waals surface area contributed by atoms with Crippen LogP contribution in [0.1, 0.15) is 31.1 Å². The van der Waals surface area contributed by atoms with Gasteiger partial charge in [0.2, 0.25) is 10.2 Å². The fraction of sp³-hybridized carbons (Fsp3) is 0.333. The molecule has 0 saturated carbocycles. The van der Waals surface area contributed by atoms with Crippen LogP contribution in [0.15, 0.2) is 45.6 Å². The van der Waals surface area contributed by atoms with Gasteiger partial charge in [0.25, 0.3) is 10.0 Å². The van der Waals surface area contributed by atoms with Crippen LogP contribution in [0.2, 0.25) is 0 Å². The van der Waals surface area contributed by atoms with Crippen molar-refractivity contribution in [3.8, 4) is 5.75 Å². The SMILES string of the molecule is CC(C)[C@@H](C(=O)NCCc1ccsc1)n1cc(COc2ccc3nc(S(N)(=O)=O)sc3c2)nn1. The first-order valence-corrected chi connectivity index (χ1v) is 13.8. The summed E-state index contributed by atoms with van der Waals surface area (Å²) >= 11 is 2.62. The molecule has 13 heteroatoms. The average molecular weight is 521 g/mol. The monoisotopic (exact) mass is 520 g/mol. The molecule has 0 saturated heterocycles. The molecule has 0 unspecified atom stereocenters. The Hall–Kier alpha value is -2.87. The van der Waals surface area contributed by atoms with Crippen LogP contribution >= 0.6 is 22.7 Å². The molecule has 180 valence electrons. The van der Waals surface area contributed by atoms with Crippen molar-refractivity contribution in [1.82, 2.24) is 25.3 Å². The Morgan fingerprint density at radius 1 is 1.29 bits per heavy atom. The van der Waals surface area contributed by atoms with Crippen LogP contribution in [0.4, 0.5) is 0 Å². The van der Waals surface area contributed by atoms with Crippen LogP contribution in [-0.2, 0) is 27.8 Å². The first kappa shape index (κ1) is 24.3. The van der Waals surface area contributed by atoms with E-state index in [2.05, 4.69) is 26.0 Å². The molecule has 3 N–H and O–H groups in total. The summed E-state index contributed by atoms with van der Waals surface area (Å²) in [6.45, 7) is 4.61. The fourth-order valence-electron chi connectivity index (χ4n) is 3.37. The van der Waals surface area contributed by atoms with E-state index in [0.717, 1.165) is 17.8 Å². The Kier molecular flexibility index (Phi) is 7.26. The predicted molar refractivity (Wildman–Crippen MR) is 130 cm³/mol. The minimum absolute atomic E-state index is 0.0124. The quantitative estimate of drug-likeness (QED) is 0.327. The van der Waals surface area contributed by atoms with E-state index in [-0.39, 0.29) is 22.8 Å². The first-order chi connectivity index (χ1) is 16.2. The molecule has 0 fully saturated rings. The summed E-state index contributed by atoms with van der Waals surface area (Å²) < 4.78 is 30.9. The van der Waals surface area contributed by atoms with Crippen LogP contribution in [-0.4, -0.2) is 40.8 Å². The van der Waals surface area contributed by atoms with Crippen LogP contribution in [0, 0.1) is 5.92 Å². The number of nitrogens with two attached hydrogens (primary N) is 1. The zero-order valence-electron chi connectivity index (χ0n) is 18.5. The van der Waals surface area contributed by atoms with Gasteiger partial charge in [-0.15, -0.1) is 16.4 Å². The maximum atomic E-state index is 12.8. The number of ether oxygens (including phenoxy) is 1. The number of primary sulfonamides is 1. The topological polar surface area (TPSA) is 142 Å². The number of fused-ring (bicyclic) bond motifs is 1. The van der Waals surface area contributed by atoms with Gasteiger partial charge in [-0.3, -0.25) is 4.79 Å². The van der Waals surface area contributed by atoms with Gasteiger partial charge in [0.05, 0.1) is 16.4 Å². The molecule has 0 aliphatic carbocycles. The van der Waals surface area contributed by atoms with Crippen LogP contribution in [0.25, 0.3) is 10.2 Å². The van der Waals surface area contributed by atoms with Gasteiger partial charge < -0.3 is 10.1 Å². The molecular weight excluding hydrogens is 496 g/mol. The number of nitrogens with one attached hydrogen (secondary N) is 1. The van der Waals surface area contributed by atoms with E-state index < -0.39 is 16.1 Å². The van der Waals surface area contributed by atoms with Crippen LogP contribution < -0.4 is 15.2 Å². The van der Waals surface area contributed by atoms with Crippen molar-refractivity contribution < 1.29 is 17.9 Å². The van der Waals surface area contributed by atoms with Crippen molar-refractivity contribution in [1.29, 1.82) is 0 Å². The van der Waals surface area contributed by atoms with Crippen molar-refractivity contribution in [2.45, 2.75) is 37.3 Å². The molecular formula is C21H24N6O4S3. The number of aromatic nitrogens is 4. The number of sulfonamides is 1. The van der Waals surface area contributed by atoms with Gasteiger partial charge >= 0.3 is 0 Å². The number of amides is 1. The van der Waals surface area contributed by atoms with Crippen molar-refractivity contribution >= 4 is 48.8 Å². The number of hydrogen-bond acceptors (Lipinski definition) is 9. The number of carbonyl (C=O) groups is 1. The summed E-state index contributed by atoms with van der Waals surface area (Å²) in [5.74, 6) is 0.431. The fourth-order valence-corrected chi connectivity index (χ4v) is 5.75. The molecule has 0 bridgehead atoms. The molecule has 3 aromatic heterocycles. The number of thiazole rings is 1. The molecule has 0 aliphatic rings. The second-order valence-corrected chi connectivity index (χ2v) is 11.5. The van der Waals surface area contributed by atoms with Crippen molar-refractivity contribution in [3.63, 3.8) is 0 Å². The highest BCUT2D eigenvalue weighted by atomic mass is 32.2. The van der Waals surface area contributed by atoms with Gasteiger partial charge in [0, 0.05) is 6.54 Å². The van der Waals surface area contributed by atoms with E-state index in [1.165, 1.54) is 5.56 Å². The Morgan fingerprint density at radius 2 is 2.12 bits per heavy atom. The van der Waals surface area contributed by atoms with Crippen LogP contribution in [0.3, 0.4) is 0 Å². The Labute approximate surface area is 204 Å². The minimum Gasteiger partial charge on any atom is -0.487 e. The lowest BCUT2D eigenvalue weighted by molar-refractivity contribution is -0.125. The maximum Gasteiger partial charge on any atom is 0.265 e. The zero-order chi connectivity index (χ0) is 24.3. The van der Waals surface area contributed by atoms with Gasteiger partial charge in [0.15, 0.2) is 0 Å². The van der Waals surface area contributed by atoms with E-state index in [0.29, 0.717) is 28.2 Å². The number of carbonyl (C=O) groups excluding carboxylic acids is 1. The largest absolute Gasteiger partial charge is 0.487 e. The third kappa shape index (κ3) is 5.78. The summed E-state index contributed by atoms with van der Waals surface area (Å²) in [5.41, 5.74) is 2.28. The molecule has 10 nitrogen and oxygen atoms in total. The number of benzene rings is 1. The number of hydrogen-bond donors (Lipinski definition) is 2. The molecule has 34 heavy (non-hydrogen) atoms. The standard InChI is InChI=1S/C21H24N6O4S3/c1-13(2)19(20(28)23-7-5-14-6-8-32-12-14)27-10-15(25-26-27)11-31-16-3-4-17-18(9-16)33-21(24-17)34(22,29)30/h3-4,6,8-10,12-13,19H,5,7,11H2,1-2H3,(H,23,28)(H2,22,29,30)/t19-/m0/s1. The average Bonchev–Trinajstić information content (AvgIpc) is 3.52. The molecule has 1 atom stereocenters. The van der Waals surface area contributed by atoms with E-state index in [4.69, 9.17) is 9.88 Å². The van der Waals surface area contributed by atoms with E-state index >= 15 is 0 Å². The molecule has 4 aromatic rings. The van der Waals surface area contributed by atoms with E-state index in [1.807, 2.05) is 25.3 Å². The lowest BCUT2D eigenvalue weighted by atomic mass is 10.0. The maximum absolute atomic E-state index is 12.8. The Morgan fingerprint density at radius 3 is 2.82 bits per heavy atom. The first-order valence-electron chi connectivity index (χ1n) is 10.5. The lowest BCUT2D eigenvalue weighted by Crippen LogP contribution is -2.36.